The molecule has 0 bridgehead atoms. The first kappa shape index (κ1) is 12.9. The topological polar surface area (TPSA) is 12.0 Å². The molecule has 1 nitrogen and oxygen atoms in total. The molecular formula is C15H22ClN. The van der Waals surface area contributed by atoms with Gasteiger partial charge < -0.3 is 5.32 Å². The highest BCUT2D eigenvalue weighted by atomic mass is 35.5. The molecule has 1 aromatic carbocycles. The van der Waals surface area contributed by atoms with Crippen molar-refractivity contribution in [1.82, 2.24) is 5.32 Å². The lowest BCUT2D eigenvalue weighted by atomic mass is 9.83. The van der Waals surface area contributed by atoms with Crippen LogP contribution in [0, 0.1) is 5.92 Å². The molecule has 0 radical (unpaired) electrons. The summed E-state index contributed by atoms with van der Waals surface area (Å²) in [5.41, 5.74) is 1.36. The maximum absolute atomic E-state index is 5.87. The van der Waals surface area contributed by atoms with Crippen molar-refractivity contribution in [2.75, 3.05) is 6.54 Å². The van der Waals surface area contributed by atoms with Gasteiger partial charge in [0.1, 0.15) is 0 Å². The van der Waals surface area contributed by atoms with Crippen LogP contribution in [0.15, 0.2) is 24.3 Å². The second-order valence-corrected chi connectivity index (χ2v) is 5.71. The Hall–Kier alpha value is -0.530. The van der Waals surface area contributed by atoms with E-state index in [9.17, 15) is 0 Å². The predicted octanol–water partition coefficient (Wildman–Crippen LogP) is 4.05. The van der Waals surface area contributed by atoms with Gasteiger partial charge in [0, 0.05) is 11.1 Å². The Morgan fingerprint density at radius 3 is 2.59 bits per heavy atom. The first-order valence-corrected chi connectivity index (χ1v) is 7.09. The van der Waals surface area contributed by atoms with E-state index in [4.69, 9.17) is 11.6 Å². The monoisotopic (exact) mass is 251 g/mol. The molecule has 1 aromatic rings. The molecule has 0 spiro atoms. The van der Waals surface area contributed by atoms with E-state index < -0.39 is 0 Å². The Bertz CT molecular complexity index is 329. The molecule has 1 unspecified atom stereocenters. The lowest BCUT2D eigenvalue weighted by Gasteiger charge is -2.26. The molecule has 0 aromatic heterocycles. The van der Waals surface area contributed by atoms with Gasteiger partial charge in [-0.05, 0) is 49.9 Å². The van der Waals surface area contributed by atoms with Crippen molar-refractivity contribution in [2.24, 2.45) is 5.92 Å². The lowest BCUT2D eigenvalue weighted by Crippen LogP contribution is -2.30. The van der Waals surface area contributed by atoms with Crippen LogP contribution in [0.4, 0.5) is 0 Å². The molecule has 94 valence electrons. The van der Waals surface area contributed by atoms with Crippen molar-refractivity contribution in [3.63, 3.8) is 0 Å². The summed E-state index contributed by atoms with van der Waals surface area (Å²) in [4.78, 5) is 0. The summed E-state index contributed by atoms with van der Waals surface area (Å²) in [6, 6.07) is 8.73. The molecule has 1 aliphatic carbocycles. The number of hydrogen-bond acceptors (Lipinski definition) is 1. The molecule has 1 saturated carbocycles. The number of halogens is 1. The van der Waals surface area contributed by atoms with Crippen LogP contribution in [0.5, 0.6) is 0 Å². The Morgan fingerprint density at radius 2 is 2.00 bits per heavy atom. The largest absolute Gasteiger partial charge is 0.314 e. The van der Waals surface area contributed by atoms with Gasteiger partial charge in [0.05, 0.1) is 0 Å². The van der Waals surface area contributed by atoms with Gasteiger partial charge in [0.25, 0.3) is 0 Å². The average molecular weight is 252 g/mol. The third-order valence-corrected chi connectivity index (χ3v) is 3.98. The van der Waals surface area contributed by atoms with Crippen LogP contribution < -0.4 is 5.32 Å². The Balaban J connectivity index is 1.65. The van der Waals surface area contributed by atoms with Crippen molar-refractivity contribution < 1.29 is 0 Å². The van der Waals surface area contributed by atoms with Crippen LogP contribution >= 0.6 is 11.6 Å². The summed E-state index contributed by atoms with van der Waals surface area (Å²) in [7, 11) is 0. The van der Waals surface area contributed by atoms with E-state index in [0.29, 0.717) is 6.04 Å². The molecule has 0 saturated heterocycles. The minimum absolute atomic E-state index is 0.552. The quantitative estimate of drug-likeness (QED) is 0.804. The van der Waals surface area contributed by atoms with E-state index >= 15 is 0 Å². The summed E-state index contributed by atoms with van der Waals surface area (Å²) < 4.78 is 0. The maximum Gasteiger partial charge on any atom is 0.0406 e. The number of benzene rings is 1. The van der Waals surface area contributed by atoms with Gasteiger partial charge in [-0.25, -0.2) is 0 Å². The first-order valence-electron chi connectivity index (χ1n) is 6.72. The fourth-order valence-electron chi connectivity index (χ4n) is 2.36. The second-order valence-electron chi connectivity index (χ2n) is 5.27. The van der Waals surface area contributed by atoms with E-state index in [1.54, 1.807) is 0 Å². The summed E-state index contributed by atoms with van der Waals surface area (Å²) >= 11 is 5.87. The summed E-state index contributed by atoms with van der Waals surface area (Å²) in [6.45, 7) is 3.43. The van der Waals surface area contributed by atoms with Gasteiger partial charge in [-0.1, -0.05) is 43.0 Å². The summed E-state index contributed by atoms with van der Waals surface area (Å²) in [6.07, 6.45) is 6.79. The van der Waals surface area contributed by atoms with E-state index in [2.05, 4.69) is 24.4 Å². The smallest absolute Gasteiger partial charge is 0.0406 e. The van der Waals surface area contributed by atoms with Crippen LogP contribution in [0.2, 0.25) is 5.02 Å². The first-order chi connectivity index (χ1) is 8.24. The van der Waals surface area contributed by atoms with Gasteiger partial charge >= 0.3 is 0 Å². The highest BCUT2D eigenvalue weighted by molar-refractivity contribution is 6.30. The van der Waals surface area contributed by atoms with Gasteiger partial charge in [0.2, 0.25) is 0 Å². The molecular weight excluding hydrogens is 230 g/mol. The molecule has 0 heterocycles. The zero-order valence-corrected chi connectivity index (χ0v) is 11.3. The Morgan fingerprint density at radius 1 is 1.29 bits per heavy atom. The van der Waals surface area contributed by atoms with Crippen LogP contribution in [0.25, 0.3) is 0 Å². The fourth-order valence-corrected chi connectivity index (χ4v) is 2.49. The average Bonchev–Trinajstić information content (AvgIpc) is 2.25. The summed E-state index contributed by atoms with van der Waals surface area (Å²) in [5, 5.41) is 4.43. The molecule has 0 aliphatic heterocycles. The zero-order valence-electron chi connectivity index (χ0n) is 10.6. The van der Waals surface area contributed by atoms with Crippen molar-refractivity contribution >= 4 is 11.6 Å². The van der Waals surface area contributed by atoms with Crippen LogP contribution in [-0.4, -0.2) is 12.6 Å². The Kier molecular flexibility index (Phi) is 4.87. The number of hydrogen-bond donors (Lipinski definition) is 1. The lowest BCUT2D eigenvalue weighted by molar-refractivity contribution is 0.288. The van der Waals surface area contributed by atoms with Gasteiger partial charge in [0.15, 0.2) is 0 Å². The fraction of sp³-hybridized carbons (Fsp3) is 0.600. The molecule has 1 atom stereocenters. The maximum atomic E-state index is 5.87. The molecule has 1 N–H and O–H groups in total. The SMILES string of the molecule is CC(Cc1ccc(Cl)cc1)NCCC1CCC1. The number of nitrogens with one attached hydrogen (secondary N) is 1. The van der Waals surface area contributed by atoms with E-state index in [-0.39, 0.29) is 0 Å². The van der Waals surface area contributed by atoms with Gasteiger partial charge in [-0.2, -0.15) is 0 Å². The Labute approximate surface area is 110 Å². The highest BCUT2D eigenvalue weighted by Gasteiger charge is 2.16. The summed E-state index contributed by atoms with van der Waals surface area (Å²) in [5.74, 6) is 1.00. The highest BCUT2D eigenvalue weighted by Crippen LogP contribution is 2.28. The van der Waals surface area contributed by atoms with Gasteiger partial charge in [-0.15, -0.1) is 0 Å². The molecule has 2 heteroatoms. The van der Waals surface area contributed by atoms with Crippen molar-refractivity contribution in [1.29, 1.82) is 0 Å². The van der Waals surface area contributed by atoms with E-state index in [0.717, 1.165) is 17.4 Å². The van der Waals surface area contributed by atoms with E-state index in [1.807, 2.05) is 12.1 Å². The minimum atomic E-state index is 0.552. The third kappa shape index (κ3) is 4.33. The van der Waals surface area contributed by atoms with Crippen molar-refractivity contribution in [3.05, 3.63) is 34.9 Å². The minimum Gasteiger partial charge on any atom is -0.314 e. The van der Waals surface area contributed by atoms with Crippen molar-refractivity contribution in [2.45, 2.75) is 45.1 Å². The van der Waals surface area contributed by atoms with Crippen LogP contribution in [0.1, 0.15) is 38.2 Å². The predicted molar refractivity (Wildman–Crippen MR) is 74.6 cm³/mol. The molecule has 2 rings (SSSR count). The van der Waals surface area contributed by atoms with Crippen LogP contribution in [0.3, 0.4) is 0 Å². The molecule has 0 amide bonds. The van der Waals surface area contributed by atoms with E-state index in [1.165, 1.54) is 37.8 Å². The molecule has 1 fully saturated rings. The van der Waals surface area contributed by atoms with Crippen molar-refractivity contribution in [3.8, 4) is 0 Å². The molecule has 17 heavy (non-hydrogen) atoms. The second kappa shape index (κ2) is 6.42. The van der Waals surface area contributed by atoms with Gasteiger partial charge in [-0.3, -0.25) is 0 Å². The number of rotatable bonds is 6. The normalized spacial score (nSPS) is 17.8. The standard InChI is InChI=1S/C15H22ClN/c1-12(17-10-9-13-3-2-4-13)11-14-5-7-15(16)8-6-14/h5-8,12-13,17H,2-4,9-11H2,1H3. The zero-order chi connectivity index (χ0) is 12.1. The molecule has 1 aliphatic rings. The van der Waals surface area contributed by atoms with Crippen LogP contribution in [-0.2, 0) is 6.42 Å². The third-order valence-electron chi connectivity index (χ3n) is 3.73.